The van der Waals surface area contributed by atoms with Gasteiger partial charge in [0, 0.05) is 25.4 Å². The number of H-pyrrole nitrogens is 1. The van der Waals surface area contributed by atoms with Gasteiger partial charge in [-0.05, 0) is 36.9 Å². The highest BCUT2D eigenvalue weighted by atomic mass is 16.1. The van der Waals surface area contributed by atoms with Gasteiger partial charge in [-0.3, -0.25) is 20.1 Å². The number of nitrogens with zero attached hydrogens (tertiary/aromatic N) is 3. The van der Waals surface area contributed by atoms with Crippen molar-refractivity contribution in [1.29, 1.82) is 0 Å². The minimum atomic E-state index is -0.00379. The second-order valence-corrected chi connectivity index (χ2v) is 7.51. The number of fused-ring (bicyclic) bond motifs is 1. The molecule has 1 aliphatic carbocycles. The molecule has 1 saturated carbocycles. The predicted molar refractivity (Wildman–Crippen MR) is 101 cm³/mol. The van der Waals surface area contributed by atoms with Gasteiger partial charge in [-0.15, -0.1) is 5.10 Å². The standard InChI is InChI=1S/C20H27N5O/c26-18(11-6-12-25-13-16-9-4-5-10-17(16)14-25)21-20-22-19(23-24-20)15-7-2-1-3-8-15/h4-5,9-10,15H,1-3,6-8,11-14H2,(H2,21,22,23,24,26). The Balaban J connectivity index is 1.19. The molecule has 0 spiro atoms. The second-order valence-electron chi connectivity index (χ2n) is 7.51. The molecule has 1 aliphatic heterocycles. The van der Waals surface area contributed by atoms with Gasteiger partial charge in [-0.25, -0.2) is 0 Å². The van der Waals surface area contributed by atoms with Crippen LogP contribution in [0.3, 0.4) is 0 Å². The summed E-state index contributed by atoms with van der Waals surface area (Å²) in [6, 6.07) is 8.56. The molecule has 26 heavy (non-hydrogen) atoms. The molecule has 2 aromatic rings. The summed E-state index contributed by atoms with van der Waals surface area (Å²) in [7, 11) is 0. The van der Waals surface area contributed by atoms with E-state index in [1.165, 1.54) is 43.2 Å². The number of hydrogen-bond donors (Lipinski definition) is 2. The number of hydrogen-bond acceptors (Lipinski definition) is 4. The van der Waals surface area contributed by atoms with E-state index in [0.717, 1.165) is 31.9 Å². The van der Waals surface area contributed by atoms with Gasteiger partial charge in [-0.1, -0.05) is 43.5 Å². The van der Waals surface area contributed by atoms with Crippen LogP contribution in [0, 0.1) is 0 Å². The van der Waals surface area contributed by atoms with Crippen LogP contribution in [0.5, 0.6) is 0 Å². The number of anilines is 1. The van der Waals surface area contributed by atoms with Gasteiger partial charge in [0.1, 0.15) is 5.82 Å². The Hall–Kier alpha value is -2.21. The zero-order valence-corrected chi connectivity index (χ0v) is 15.2. The van der Waals surface area contributed by atoms with Gasteiger partial charge in [0.25, 0.3) is 0 Å². The van der Waals surface area contributed by atoms with E-state index >= 15 is 0 Å². The number of amides is 1. The van der Waals surface area contributed by atoms with Crippen LogP contribution in [-0.2, 0) is 17.9 Å². The minimum Gasteiger partial charge on any atom is -0.295 e. The van der Waals surface area contributed by atoms with Crippen LogP contribution >= 0.6 is 0 Å². The summed E-state index contributed by atoms with van der Waals surface area (Å²) in [6.45, 7) is 2.91. The molecule has 138 valence electrons. The monoisotopic (exact) mass is 353 g/mol. The fourth-order valence-corrected chi connectivity index (χ4v) is 4.10. The van der Waals surface area contributed by atoms with Crippen LogP contribution in [0.15, 0.2) is 24.3 Å². The molecule has 1 aromatic heterocycles. The molecule has 0 atom stereocenters. The second kappa shape index (κ2) is 7.99. The fourth-order valence-electron chi connectivity index (χ4n) is 4.10. The van der Waals surface area contributed by atoms with Crippen molar-refractivity contribution in [3.8, 4) is 0 Å². The van der Waals surface area contributed by atoms with Gasteiger partial charge in [0.05, 0.1) is 0 Å². The van der Waals surface area contributed by atoms with Crippen molar-refractivity contribution >= 4 is 11.9 Å². The van der Waals surface area contributed by atoms with Crippen LogP contribution in [0.25, 0.3) is 0 Å². The first-order chi connectivity index (χ1) is 12.8. The van der Waals surface area contributed by atoms with Crippen LogP contribution in [0.1, 0.15) is 67.8 Å². The van der Waals surface area contributed by atoms with Gasteiger partial charge in [0.2, 0.25) is 11.9 Å². The molecule has 4 rings (SSSR count). The van der Waals surface area contributed by atoms with Crippen molar-refractivity contribution in [1.82, 2.24) is 20.1 Å². The molecule has 0 bridgehead atoms. The first-order valence-corrected chi connectivity index (χ1v) is 9.79. The first-order valence-electron chi connectivity index (χ1n) is 9.79. The summed E-state index contributed by atoms with van der Waals surface area (Å²) in [6.07, 6.45) is 7.51. The van der Waals surface area contributed by atoms with E-state index in [9.17, 15) is 4.79 Å². The Morgan fingerprint density at radius 1 is 1.15 bits per heavy atom. The molecule has 0 saturated heterocycles. The number of aromatic amines is 1. The van der Waals surface area contributed by atoms with Gasteiger partial charge < -0.3 is 0 Å². The Bertz CT molecular complexity index is 725. The molecule has 1 fully saturated rings. The van der Waals surface area contributed by atoms with E-state index < -0.39 is 0 Å². The topological polar surface area (TPSA) is 73.9 Å². The third kappa shape index (κ3) is 4.12. The Kier molecular flexibility index (Phi) is 5.29. The summed E-state index contributed by atoms with van der Waals surface area (Å²) >= 11 is 0. The van der Waals surface area contributed by atoms with E-state index in [2.05, 4.69) is 49.7 Å². The summed E-state index contributed by atoms with van der Waals surface area (Å²) < 4.78 is 0. The summed E-state index contributed by atoms with van der Waals surface area (Å²) in [5, 5.41) is 10.0. The van der Waals surface area contributed by atoms with E-state index in [4.69, 9.17) is 0 Å². The average molecular weight is 353 g/mol. The van der Waals surface area contributed by atoms with Gasteiger partial charge in [-0.2, -0.15) is 4.98 Å². The maximum absolute atomic E-state index is 12.2. The molecule has 2 N–H and O–H groups in total. The van der Waals surface area contributed by atoms with E-state index in [1.54, 1.807) is 0 Å². The van der Waals surface area contributed by atoms with Crippen LogP contribution < -0.4 is 5.32 Å². The highest BCUT2D eigenvalue weighted by Gasteiger charge is 2.20. The molecule has 1 aromatic carbocycles. The normalized spacial score (nSPS) is 18.0. The quantitative estimate of drug-likeness (QED) is 0.832. The van der Waals surface area contributed by atoms with Crippen molar-refractivity contribution in [3.63, 3.8) is 0 Å². The predicted octanol–water partition coefficient (Wildman–Crippen LogP) is 3.59. The third-order valence-corrected chi connectivity index (χ3v) is 5.53. The smallest absolute Gasteiger partial charge is 0.248 e. The van der Waals surface area contributed by atoms with Crippen LogP contribution in [0.4, 0.5) is 5.95 Å². The molecule has 2 heterocycles. The van der Waals surface area contributed by atoms with E-state index in [-0.39, 0.29) is 5.91 Å². The van der Waals surface area contributed by atoms with Crippen molar-refractivity contribution < 1.29 is 4.79 Å². The molecule has 0 unspecified atom stereocenters. The fraction of sp³-hybridized carbons (Fsp3) is 0.550. The molecule has 0 radical (unpaired) electrons. The van der Waals surface area contributed by atoms with Crippen LogP contribution in [0.2, 0.25) is 0 Å². The van der Waals surface area contributed by atoms with Crippen molar-refractivity contribution in [2.75, 3.05) is 11.9 Å². The first kappa shape index (κ1) is 17.2. The summed E-state index contributed by atoms with van der Waals surface area (Å²) in [5.74, 6) is 1.81. The number of nitrogens with one attached hydrogen (secondary N) is 2. The molecule has 6 nitrogen and oxygen atoms in total. The van der Waals surface area contributed by atoms with E-state index in [1.807, 2.05) is 0 Å². The SMILES string of the molecule is O=C(CCCN1Cc2ccccc2C1)Nc1n[nH]c(C2CCCCC2)n1. The van der Waals surface area contributed by atoms with Crippen molar-refractivity contribution in [2.45, 2.75) is 64.0 Å². The summed E-state index contributed by atoms with van der Waals surface area (Å²) in [4.78, 5) is 19.0. The Morgan fingerprint density at radius 2 is 1.88 bits per heavy atom. The Labute approximate surface area is 154 Å². The lowest BCUT2D eigenvalue weighted by Crippen LogP contribution is -2.20. The molecule has 6 heteroatoms. The highest BCUT2D eigenvalue weighted by molar-refractivity contribution is 5.88. The zero-order chi connectivity index (χ0) is 17.8. The molecule has 1 amide bonds. The number of carbonyl (C=O) groups is 1. The number of carbonyl (C=O) groups excluding carboxylic acids is 1. The lowest BCUT2D eigenvalue weighted by molar-refractivity contribution is -0.116. The number of rotatable bonds is 6. The largest absolute Gasteiger partial charge is 0.295 e. The van der Waals surface area contributed by atoms with Gasteiger partial charge >= 0.3 is 0 Å². The molecular weight excluding hydrogens is 326 g/mol. The third-order valence-electron chi connectivity index (χ3n) is 5.53. The van der Waals surface area contributed by atoms with Crippen molar-refractivity contribution in [2.24, 2.45) is 0 Å². The highest BCUT2D eigenvalue weighted by Crippen LogP contribution is 2.30. The van der Waals surface area contributed by atoms with Crippen molar-refractivity contribution in [3.05, 3.63) is 41.2 Å². The Morgan fingerprint density at radius 3 is 2.62 bits per heavy atom. The lowest BCUT2D eigenvalue weighted by Gasteiger charge is -2.18. The zero-order valence-electron chi connectivity index (χ0n) is 15.2. The summed E-state index contributed by atoms with van der Waals surface area (Å²) in [5.41, 5.74) is 2.82. The number of aromatic nitrogens is 3. The molecule has 2 aliphatic rings. The number of benzene rings is 1. The molecular formula is C20H27N5O. The van der Waals surface area contributed by atoms with Crippen LogP contribution in [-0.4, -0.2) is 32.5 Å². The maximum Gasteiger partial charge on any atom is 0.248 e. The van der Waals surface area contributed by atoms with E-state index in [0.29, 0.717) is 18.3 Å². The lowest BCUT2D eigenvalue weighted by atomic mass is 9.89. The average Bonchev–Trinajstić information content (AvgIpc) is 3.29. The maximum atomic E-state index is 12.2. The van der Waals surface area contributed by atoms with Gasteiger partial charge in [0.15, 0.2) is 0 Å². The minimum absolute atomic E-state index is 0.00379.